The maximum Gasteiger partial charge on any atom is 0.383 e. The van der Waals surface area contributed by atoms with E-state index in [9.17, 15) is 9.59 Å². The second-order valence-corrected chi connectivity index (χ2v) is 5.58. The molecular weight excluding hydrogens is 240 g/mol. The first kappa shape index (κ1) is 11.4. The average molecular weight is 253 g/mol. The predicted molar refractivity (Wildman–Crippen MR) is 75.3 cm³/mol. The Hall–Kier alpha value is -1.68. The van der Waals surface area contributed by atoms with Gasteiger partial charge < -0.3 is 9.59 Å². The van der Waals surface area contributed by atoms with Gasteiger partial charge in [-0.2, -0.15) is 0 Å². The monoisotopic (exact) mass is 253 g/mol. The van der Waals surface area contributed by atoms with Gasteiger partial charge in [0.15, 0.2) is 0 Å². The summed E-state index contributed by atoms with van der Waals surface area (Å²) in [5.41, 5.74) is 1.01. The molecule has 0 aliphatic carbocycles. The van der Waals surface area contributed by atoms with Crippen molar-refractivity contribution in [2.24, 2.45) is 0 Å². The molecule has 0 aliphatic heterocycles. The van der Waals surface area contributed by atoms with Crippen LogP contribution in [0.5, 0.6) is 0 Å². The lowest BCUT2D eigenvalue weighted by Crippen LogP contribution is -2.15. The molecule has 18 heavy (non-hydrogen) atoms. The van der Waals surface area contributed by atoms with Crippen molar-refractivity contribution < 1.29 is 9.59 Å². The van der Waals surface area contributed by atoms with Crippen molar-refractivity contribution in [3.05, 3.63) is 60.2 Å². The van der Waals surface area contributed by atoms with Crippen molar-refractivity contribution in [2.45, 2.75) is 6.04 Å². The van der Waals surface area contributed by atoms with Crippen molar-refractivity contribution in [2.75, 3.05) is 0 Å². The van der Waals surface area contributed by atoms with Gasteiger partial charge in [-0.1, -0.05) is 54.6 Å². The molecule has 0 saturated heterocycles. The Morgan fingerprint density at radius 2 is 1.50 bits per heavy atom. The van der Waals surface area contributed by atoms with Crippen molar-refractivity contribution in [1.82, 2.24) is 0 Å². The molecule has 0 unspecified atom stereocenters. The molecule has 3 heteroatoms. The van der Waals surface area contributed by atoms with Crippen LogP contribution in [-0.2, 0) is 6.04 Å². The Kier molecular flexibility index (Phi) is 2.87. The number of benzene rings is 3. The van der Waals surface area contributed by atoms with E-state index in [0.717, 1.165) is 10.9 Å². The summed E-state index contributed by atoms with van der Waals surface area (Å²) >= 11 is 0. The summed E-state index contributed by atoms with van der Waals surface area (Å²) in [6.45, 7) is 0. The third-order valence-corrected chi connectivity index (χ3v) is 3.92. The van der Waals surface area contributed by atoms with Crippen molar-refractivity contribution >= 4 is 30.8 Å². The van der Waals surface area contributed by atoms with Crippen LogP contribution in [-0.4, -0.2) is 18.9 Å². The standard InChI is InChI=1S/C15H13O2Si/c16-18(17)10-12-5-3-7-15-13-6-2-1-4-11(13)8-9-14(12)15/h1-9,16-17H,10H2. The van der Waals surface area contributed by atoms with E-state index in [2.05, 4.69) is 30.3 Å². The molecule has 0 amide bonds. The highest BCUT2D eigenvalue weighted by atomic mass is 28.3. The van der Waals surface area contributed by atoms with Gasteiger partial charge in [0, 0.05) is 6.04 Å². The topological polar surface area (TPSA) is 40.5 Å². The lowest BCUT2D eigenvalue weighted by Gasteiger charge is -2.08. The minimum absolute atomic E-state index is 0.361. The molecule has 89 valence electrons. The molecule has 1 radical (unpaired) electrons. The molecule has 0 heterocycles. The molecule has 0 saturated carbocycles. The minimum atomic E-state index is -2.23. The van der Waals surface area contributed by atoms with Crippen LogP contribution in [0.25, 0.3) is 21.5 Å². The molecule has 0 bridgehead atoms. The highest BCUT2D eigenvalue weighted by Crippen LogP contribution is 2.27. The first-order valence-corrected chi connectivity index (χ1v) is 7.49. The summed E-state index contributed by atoms with van der Waals surface area (Å²) in [6.07, 6.45) is 0. The van der Waals surface area contributed by atoms with Crippen LogP contribution in [0.2, 0.25) is 0 Å². The molecule has 3 rings (SSSR count). The largest absolute Gasteiger partial charge is 0.410 e. The van der Waals surface area contributed by atoms with Crippen LogP contribution in [0.3, 0.4) is 0 Å². The Morgan fingerprint density at radius 1 is 0.722 bits per heavy atom. The van der Waals surface area contributed by atoms with Gasteiger partial charge in [0.1, 0.15) is 0 Å². The van der Waals surface area contributed by atoms with Gasteiger partial charge in [-0.15, -0.1) is 0 Å². The Bertz CT molecular complexity index is 707. The molecular formula is C15H13O2Si. The van der Waals surface area contributed by atoms with Crippen LogP contribution >= 0.6 is 0 Å². The van der Waals surface area contributed by atoms with Gasteiger partial charge >= 0.3 is 9.28 Å². The van der Waals surface area contributed by atoms with E-state index in [1.165, 1.54) is 16.2 Å². The highest BCUT2D eigenvalue weighted by Gasteiger charge is 2.10. The van der Waals surface area contributed by atoms with E-state index in [1.807, 2.05) is 24.3 Å². The zero-order valence-corrected chi connectivity index (χ0v) is 10.8. The number of hydrogen-bond acceptors (Lipinski definition) is 2. The fourth-order valence-corrected chi connectivity index (χ4v) is 3.08. The SMILES string of the molecule is O[Si](O)Cc1cccc2c1ccc1ccccc12. The quantitative estimate of drug-likeness (QED) is 0.544. The fraction of sp³-hybridized carbons (Fsp3) is 0.0667. The predicted octanol–water partition coefficient (Wildman–Crippen LogP) is 2.55. The van der Waals surface area contributed by atoms with Gasteiger partial charge in [-0.25, -0.2) is 0 Å². The number of rotatable bonds is 2. The number of hydrogen-bond donors (Lipinski definition) is 2. The summed E-state index contributed by atoms with van der Waals surface area (Å²) in [5.74, 6) is 0. The molecule has 2 nitrogen and oxygen atoms in total. The van der Waals surface area contributed by atoms with Crippen LogP contribution in [0, 0.1) is 0 Å². The maximum atomic E-state index is 9.24. The first-order valence-electron chi connectivity index (χ1n) is 5.89. The first-order chi connectivity index (χ1) is 8.75. The smallest absolute Gasteiger partial charge is 0.383 e. The van der Waals surface area contributed by atoms with E-state index >= 15 is 0 Å². The summed E-state index contributed by atoms with van der Waals surface area (Å²) in [4.78, 5) is 18.5. The summed E-state index contributed by atoms with van der Waals surface area (Å²) in [7, 11) is -2.23. The van der Waals surface area contributed by atoms with Crippen molar-refractivity contribution in [3.8, 4) is 0 Å². The van der Waals surface area contributed by atoms with E-state index in [0.29, 0.717) is 6.04 Å². The van der Waals surface area contributed by atoms with Gasteiger partial charge in [-0.3, -0.25) is 0 Å². The molecule has 3 aromatic rings. The van der Waals surface area contributed by atoms with E-state index in [-0.39, 0.29) is 0 Å². The van der Waals surface area contributed by atoms with Crippen LogP contribution in [0.15, 0.2) is 54.6 Å². The fourth-order valence-electron chi connectivity index (χ4n) is 2.43. The molecule has 0 atom stereocenters. The van der Waals surface area contributed by atoms with Crippen LogP contribution in [0.4, 0.5) is 0 Å². The molecule has 3 aromatic carbocycles. The van der Waals surface area contributed by atoms with Crippen LogP contribution in [0.1, 0.15) is 5.56 Å². The third-order valence-electron chi connectivity index (χ3n) is 3.23. The van der Waals surface area contributed by atoms with E-state index < -0.39 is 9.28 Å². The lowest BCUT2D eigenvalue weighted by atomic mass is 9.99. The maximum absolute atomic E-state index is 9.24. The molecule has 0 fully saturated rings. The van der Waals surface area contributed by atoms with E-state index in [1.54, 1.807) is 0 Å². The molecule has 0 aromatic heterocycles. The summed E-state index contributed by atoms with van der Waals surface area (Å²) in [5, 5.41) is 4.71. The summed E-state index contributed by atoms with van der Waals surface area (Å²) < 4.78 is 0. The number of fused-ring (bicyclic) bond motifs is 3. The minimum Gasteiger partial charge on any atom is -0.410 e. The molecule has 2 N–H and O–H groups in total. The van der Waals surface area contributed by atoms with Crippen molar-refractivity contribution in [3.63, 3.8) is 0 Å². The van der Waals surface area contributed by atoms with Gasteiger partial charge in [0.2, 0.25) is 0 Å². The van der Waals surface area contributed by atoms with Gasteiger partial charge in [-0.05, 0) is 27.1 Å². The Balaban J connectivity index is 2.32. The molecule has 0 spiro atoms. The Labute approximate surface area is 107 Å². The zero-order valence-electron chi connectivity index (χ0n) is 9.80. The second kappa shape index (κ2) is 4.53. The Morgan fingerprint density at radius 3 is 2.33 bits per heavy atom. The van der Waals surface area contributed by atoms with Gasteiger partial charge in [0.05, 0.1) is 0 Å². The molecule has 0 aliphatic rings. The van der Waals surface area contributed by atoms with Gasteiger partial charge in [0.25, 0.3) is 0 Å². The van der Waals surface area contributed by atoms with Crippen LogP contribution < -0.4 is 0 Å². The van der Waals surface area contributed by atoms with Crippen molar-refractivity contribution in [1.29, 1.82) is 0 Å². The third kappa shape index (κ3) is 1.93. The highest BCUT2D eigenvalue weighted by molar-refractivity contribution is 6.40. The zero-order chi connectivity index (χ0) is 12.5. The van der Waals surface area contributed by atoms with E-state index in [4.69, 9.17) is 0 Å². The second-order valence-electron chi connectivity index (χ2n) is 4.39. The normalized spacial score (nSPS) is 11.5. The summed E-state index contributed by atoms with van der Waals surface area (Å²) in [6, 6.07) is 18.8. The average Bonchev–Trinajstić information content (AvgIpc) is 2.38. The lowest BCUT2D eigenvalue weighted by molar-refractivity contribution is 0.405.